The number of carbonyl (C=O) groups is 2. The maximum atomic E-state index is 12.8. The number of ether oxygens (including phenoxy) is 2. The Kier molecular flexibility index (Phi) is 7.91. The minimum Gasteiger partial charge on any atom is -0.493 e. The molecule has 1 aromatic heterocycles. The lowest BCUT2D eigenvalue weighted by atomic mass is 10.1. The number of benzene rings is 2. The van der Waals surface area contributed by atoms with Crippen LogP contribution in [0.4, 0.5) is 14.5 Å². The number of methoxy groups -OCH3 is 1. The van der Waals surface area contributed by atoms with E-state index in [9.17, 15) is 18.4 Å². The van der Waals surface area contributed by atoms with E-state index in [0.717, 1.165) is 5.56 Å². The summed E-state index contributed by atoms with van der Waals surface area (Å²) >= 11 is 0. The van der Waals surface area contributed by atoms with Crippen molar-refractivity contribution in [2.75, 3.05) is 19.0 Å². The fourth-order valence-electron chi connectivity index (χ4n) is 3.19. The predicted octanol–water partition coefficient (Wildman–Crippen LogP) is 4.22. The lowest BCUT2D eigenvalue weighted by Crippen LogP contribution is -2.27. The molecule has 0 saturated heterocycles. The first-order chi connectivity index (χ1) is 15.9. The average Bonchev–Trinajstić information content (AvgIpc) is 2.80. The number of halogens is 2. The molecule has 1 heterocycles. The smallest absolute Gasteiger partial charge is 0.387 e. The Balaban J connectivity index is 1.68. The molecule has 2 N–H and O–H groups in total. The number of rotatable bonds is 9. The lowest BCUT2D eigenvalue weighted by molar-refractivity contribution is -0.0512. The highest BCUT2D eigenvalue weighted by molar-refractivity contribution is 6.09. The quantitative estimate of drug-likeness (QED) is 0.504. The van der Waals surface area contributed by atoms with Crippen LogP contribution in [0, 0.1) is 6.92 Å². The normalized spacial score (nSPS) is 10.6. The maximum Gasteiger partial charge on any atom is 0.387 e. The number of para-hydroxylation sites is 1. The number of aryl methyl sites for hydroxylation is 1. The van der Waals surface area contributed by atoms with E-state index in [2.05, 4.69) is 20.4 Å². The number of pyridine rings is 1. The van der Waals surface area contributed by atoms with Gasteiger partial charge in [-0.15, -0.1) is 0 Å². The van der Waals surface area contributed by atoms with Crippen LogP contribution in [-0.2, 0) is 6.42 Å². The standard InChI is InChI=1S/C24H23F2N3O4/c1-15-4-3-5-18(21(15)29-22(30)17-9-11-27-12-10-17)23(31)28-13-8-16-6-7-19(32-2)20(14-16)33-24(25)26/h3-7,9-12,14,24H,8,13H2,1-2H3,(H,28,31)(H,29,30). The van der Waals surface area contributed by atoms with E-state index in [1.165, 1.54) is 31.6 Å². The van der Waals surface area contributed by atoms with Crippen LogP contribution in [0.3, 0.4) is 0 Å². The Morgan fingerprint density at radius 2 is 1.79 bits per heavy atom. The third kappa shape index (κ3) is 6.25. The van der Waals surface area contributed by atoms with Gasteiger partial charge in [0.2, 0.25) is 0 Å². The SMILES string of the molecule is COc1ccc(CCNC(=O)c2cccc(C)c2NC(=O)c2ccncc2)cc1OC(F)F. The van der Waals surface area contributed by atoms with E-state index in [1.807, 2.05) is 0 Å². The Hall–Kier alpha value is -4.01. The summed E-state index contributed by atoms with van der Waals surface area (Å²) in [5, 5.41) is 5.59. The van der Waals surface area contributed by atoms with Crippen LogP contribution in [-0.4, -0.2) is 37.1 Å². The molecule has 33 heavy (non-hydrogen) atoms. The third-order valence-electron chi connectivity index (χ3n) is 4.84. The predicted molar refractivity (Wildman–Crippen MR) is 119 cm³/mol. The zero-order chi connectivity index (χ0) is 23.8. The number of amides is 2. The molecule has 0 saturated carbocycles. The van der Waals surface area contributed by atoms with Crippen molar-refractivity contribution in [2.45, 2.75) is 20.0 Å². The first kappa shape index (κ1) is 23.6. The zero-order valence-corrected chi connectivity index (χ0v) is 18.1. The summed E-state index contributed by atoms with van der Waals surface area (Å²) in [5.41, 5.74) is 2.56. The van der Waals surface area contributed by atoms with E-state index in [0.29, 0.717) is 28.8 Å². The topological polar surface area (TPSA) is 89.6 Å². The summed E-state index contributed by atoms with van der Waals surface area (Å²) in [6.07, 6.45) is 3.40. The van der Waals surface area contributed by atoms with Crippen molar-refractivity contribution in [3.63, 3.8) is 0 Å². The number of alkyl halides is 2. The largest absolute Gasteiger partial charge is 0.493 e. The molecule has 0 bridgehead atoms. The van der Waals surface area contributed by atoms with Gasteiger partial charge in [-0.3, -0.25) is 14.6 Å². The second-order valence-electron chi connectivity index (χ2n) is 7.06. The lowest BCUT2D eigenvalue weighted by Gasteiger charge is -2.15. The first-order valence-electron chi connectivity index (χ1n) is 10.1. The van der Waals surface area contributed by atoms with E-state index >= 15 is 0 Å². The summed E-state index contributed by atoms with van der Waals surface area (Å²) < 4.78 is 34.7. The molecular formula is C24H23F2N3O4. The van der Waals surface area contributed by atoms with Gasteiger partial charge in [-0.25, -0.2) is 0 Å². The molecular weight excluding hydrogens is 432 g/mol. The summed E-state index contributed by atoms with van der Waals surface area (Å²) in [6, 6.07) is 13.0. The summed E-state index contributed by atoms with van der Waals surface area (Å²) in [4.78, 5) is 29.3. The molecule has 0 spiro atoms. The van der Waals surface area contributed by atoms with Crippen molar-refractivity contribution in [1.82, 2.24) is 10.3 Å². The van der Waals surface area contributed by atoms with Crippen molar-refractivity contribution in [2.24, 2.45) is 0 Å². The minimum absolute atomic E-state index is 0.0730. The number of hydrogen-bond donors (Lipinski definition) is 2. The molecule has 0 aliphatic rings. The highest BCUT2D eigenvalue weighted by Crippen LogP contribution is 2.29. The van der Waals surface area contributed by atoms with Crippen LogP contribution in [0.25, 0.3) is 0 Å². The van der Waals surface area contributed by atoms with Crippen molar-refractivity contribution < 1.29 is 27.8 Å². The number of carbonyl (C=O) groups excluding carboxylic acids is 2. The minimum atomic E-state index is -2.98. The molecule has 172 valence electrons. The van der Waals surface area contributed by atoms with Gasteiger partial charge in [0, 0.05) is 24.5 Å². The molecule has 0 aliphatic heterocycles. The second kappa shape index (κ2) is 11.0. The number of hydrogen-bond acceptors (Lipinski definition) is 5. The molecule has 0 unspecified atom stereocenters. The molecule has 3 aromatic rings. The molecule has 2 aromatic carbocycles. The maximum absolute atomic E-state index is 12.8. The number of nitrogens with zero attached hydrogens (tertiary/aromatic N) is 1. The van der Waals surface area contributed by atoms with Crippen molar-refractivity contribution in [3.8, 4) is 11.5 Å². The van der Waals surface area contributed by atoms with Crippen LogP contribution in [0.15, 0.2) is 60.9 Å². The van der Waals surface area contributed by atoms with Crippen LogP contribution < -0.4 is 20.1 Å². The second-order valence-corrected chi connectivity index (χ2v) is 7.06. The van der Waals surface area contributed by atoms with Gasteiger partial charge in [0.25, 0.3) is 11.8 Å². The van der Waals surface area contributed by atoms with Gasteiger partial charge in [-0.05, 0) is 54.8 Å². The van der Waals surface area contributed by atoms with Crippen LogP contribution >= 0.6 is 0 Å². The van der Waals surface area contributed by atoms with Gasteiger partial charge >= 0.3 is 6.61 Å². The van der Waals surface area contributed by atoms with Gasteiger partial charge in [0.15, 0.2) is 11.5 Å². The fourth-order valence-corrected chi connectivity index (χ4v) is 3.19. The van der Waals surface area contributed by atoms with Crippen LogP contribution in [0.2, 0.25) is 0 Å². The van der Waals surface area contributed by atoms with Gasteiger partial charge in [0.05, 0.1) is 18.4 Å². The third-order valence-corrected chi connectivity index (χ3v) is 4.84. The number of nitrogens with one attached hydrogen (secondary N) is 2. The van der Waals surface area contributed by atoms with Crippen LogP contribution in [0.1, 0.15) is 31.8 Å². The number of anilines is 1. The van der Waals surface area contributed by atoms with Crippen molar-refractivity contribution in [1.29, 1.82) is 0 Å². The molecule has 0 aliphatic carbocycles. The molecule has 3 rings (SSSR count). The van der Waals surface area contributed by atoms with Gasteiger partial charge in [-0.1, -0.05) is 18.2 Å². The van der Waals surface area contributed by atoms with Gasteiger partial charge < -0.3 is 20.1 Å². The van der Waals surface area contributed by atoms with Crippen LogP contribution in [0.5, 0.6) is 11.5 Å². The highest BCUT2D eigenvalue weighted by atomic mass is 19.3. The zero-order valence-electron chi connectivity index (χ0n) is 18.1. The molecule has 7 nitrogen and oxygen atoms in total. The fraction of sp³-hybridized carbons (Fsp3) is 0.208. The monoisotopic (exact) mass is 455 g/mol. The first-order valence-corrected chi connectivity index (χ1v) is 10.1. The van der Waals surface area contributed by atoms with Crippen molar-refractivity contribution >= 4 is 17.5 Å². The van der Waals surface area contributed by atoms with Crippen molar-refractivity contribution in [3.05, 3.63) is 83.2 Å². The molecule has 2 amide bonds. The van der Waals surface area contributed by atoms with E-state index in [4.69, 9.17) is 4.74 Å². The van der Waals surface area contributed by atoms with E-state index in [-0.39, 0.29) is 29.9 Å². The summed E-state index contributed by atoms with van der Waals surface area (Å²) in [6.45, 7) is -0.942. The molecule has 0 atom stereocenters. The van der Waals surface area contributed by atoms with Gasteiger partial charge in [0.1, 0.15) is 0 Å². The molecule has 9 heteroatoms. The van der Waals surface area contributed by atoms with Gasteiger partial charge in [-0.2, -0.15) is 8.78 Å². The highest BCUT2D eigenvalue weighted by Gasteiger charge is 2.17. The molecule has 0 fully saturated rings. The molecule has 0 radical (unpaired) electrons. The Morgan fingerprint density at radius 1 is 1.03 bits per heavy atom. The Bertz CT molecular complexity index is 1120. The van der Waals surface area contributed by atoms with E-state index < -0.39 is 6.61 Å². The summed E-state index contributed by atoms with van der Waals surface area (Å²) in [5.74, 6) is -0.611. The Labute approximate surface area is 189 Å². The summed E-state index contributed by atoms with van der Waals surface area (Å²) in [7, 11) is 1.36. The number of aromatic nitrogens is 1. The van der Waals surface area contributed by atoms with E-state index in [1.54, 1.807) is 43.3 Å². The average molecular weight is 455 g/mol. The Morgan fingerprint density at radius 3 is 2.48 bits per heavy atom.